The smallest absolute Gasteiger partial charge is 0.169 e. The number of halogens is 1. The minimum Gasteiger partial charge on any atom is -0.376 e. The van der Waals surface area contributed by atoms with Gasteiger partial charge in [-0.15, -0.1) is 0 Å². The van der Waals surface area contributed by atoms with Crippen molar-refractivity contribution >= 4 is 34.9 Å². The molecule has 0 N–H and O–H groups in total. The Morgan fingerprint density at radius 3 is 1.96 bits per heavy atom. The highest BCUT2D eigenvalue weighted by molar-refractivity contribution is 9.10. The fourth-order valence-corrected chi connectivity index (χ4v) is 13.2. The monoisotopic (exact) mass is 441 g/mol. The Labute approximate surface area is 174 Å². The molecule has 2 aromatic carbocycles. The summed E-state index contributed by atoms with van der Waals surface area (Å²) < 4.78 is 3.92. The summed E-state index contributed by atoms with van der Waals surface area (Å²) in [4.78, 5) is 0. The Morgan fingerprint density at radius 1 is 0.815 bits per heavy atom. The fraction of sp³-hybridized carbons (Fsp3) is 0.417. The zero-order chi connectivity index (χ0) is 19.9. The highest BCUT2D eigenvalue weighted by Crippen LogP contribution is 2.47. The first-order chi connectivity index (χ1) is 12.7. The lowest BCUT2D eigenvalue weighted by Gasteiger charge is -2.45. The van der Waals surface area contributed by atoms with Crippen LogP contribution in [-0.2, 0) is 0 Å². The molecule has 0 radical (unpaired) electrons. The lowest BCUT2D eigenvalue weighted by Crippen LogP contribution is -2.52. The molecule has 0 aliphatic carbocycles. The van der Waals surface area contributed by atoms with Crippen LogP contribution in [0.25, 0.3) is 21.9 Å². The molecule has 144 valence electrons. The van der Waals surface area contributed by atoms with Gasteiger partial charge in [0.25, 0.3) is 0 Å². The third-order valence-corrected chi connectivity index (χ3v) is 13.9. The lowest BCUT2D eigenvalue weighted by atomic mass is 9.99. The number of aromatic nitrogens is 1. The van der Waals surface area contributed by atoms with Gasteiger partial charge in [0.05, 0.1) is 0 Å². The minimum absolute atomic E-state index is 0.677. The van der Waals surface area contributed by atoms with E-state index in [1.54, 1.807) is 0 Å². The second-order valence-corrected chi connectivity index (χ2v) is 15.3. The zero-order valence-electron chi connectivity index (χ0n) is 17.7. The number of nitrogens with zero attached hydrogens (tertiary/aromatic N) is 1. The molecule has 0 saturated heterocycles. The molecule has 3 aromatic rings. The van der Waals surface area contributed by atoms with E-state index in [2.05, 4.69) is 117 Å². The predicted molar refractivity (Wildman–Crippen MR) is 126 cm³/mol. The summed E-state index contributed by atoms with van der Waals surface area (Å²) in [5.41, 5.74) is 6.12. The quantitative estimate of drug-likeness (QED) is 0.350. The summed E-state index contributed by atoms with van der Waals surface area (Å²) in [7, 11) is -1.77. The largest absolute Gasteiger partial charge is 0.376 e. The number of rotatable bonds is 5. The van der Waals surface area contributed by atoms with Gasteiger partial charge in [0.2, 0.25) is 0 Å². The first-order valence-corrected chi connectivity index (χ1v) is 13.1. The van der Waals surface area contributed by atoms with Crippen LogP contribution in [0.15, 0.2) is 53.1 Å². The van der Waals surface area contributed by atoms with Gasteiger partial charge in [-0.1, -0.05) is 84.0 Å². The van der Waals surface area contributed by atoms with Crippen molar-refractivity contribution in [3.8, 4) is 11.1 Å². The van der Waals surface area contributed by atoms with Crippen LogP contribution in [0.2, 0.25) is 16.6 Å². The van der Waals surface area contributed by atoms with Crippen molar-refractivity contribution in [1.82, 2.24) is 4.23 Å². The standard InChI is InChI=1S/C24H32BrNSi/c1-16(2)27(17(3)4,18(5)6)26-15-23(25)24(19(26)7)22-14-10-12-20-11-8-9-13-21(20)22/h8-18H,1-7H3. The van der Waals surface area contributed by atoms with E-state index in [9.17, 15) is 0 Å². The number of hydrogen-bond acceptors (Lipinski definition) is 0. The maximum atomic E-state index is 3.93. The van der Waals surface area contributed by atoms with E-state index in [0.717, 1.165) is 0 Å². The van der Waals surface area contributed by atoms with Crippen molar-refractivity contribution in [2.75, 3.05) is 0 Å². The van der Waals surface area contributed by atoms with Gasteiger partial charge in [0, 0.05) is 21.9 Å². The highest BCUT2D eigenvalue weighted by Gasteiger charge is 2.46. The van der Waals surface area contributed by atoms with Gasteiger partial charge >= 0.3 is 0 Å². The second-order valence-electron chi connectivity index (χ2n) is 8.69. The van der Waals surface area contributed by atoms with Crippen molar-refractivity contribution in [1.29, 1.82) is 0 Å². The maximum absolute atomic E-state index is 3.93. The number of hydrogen-bond donors (Lipinski definition) is 0. The molecule has 0 amide bonds. The van der Waals surface area contributed by atoms with Crippen LogP contribution < -0.4 is 0 Å². The van der Waals surface area contributed by atoms with E-state index >= 15 is 0 Å². The lowest BCUT2D eigenvalue weighted by molar-refractivity contribution is 0.758. The molecule has 1 aromatic heterocycles. The third-order valence-electron chi connectivity index (χ3n) is 6.46. The van der Waals surface area contributed by atoms with E-state index < -0.39 is 8.24 Å². The van der Waals surface area contributed by atoms with Gasteiger partial charge in [-0.2, -0.15) is 0 Å². The molecule has 0 spiro atoms. The van der Waals surface area contributed by atoms with Crippen molar-refractivity contribution < 1.29 is 0 Å². The second kappa shape index (κ2) is 7.60. The SMILES string of the molecule is Cc1c(-c2cccc3ccccc23)c(Br)cn1[Si](C(C)C)(C(C)C)C(C)C. The summed E-state index contributed by atoms with van der Waals surface area (Å²) in [6.45, 7) is 16.9. The summed E-state index contributed by atoms with van der Waals surface area (Å²) in [6.07, 6.45) is 2.39. The molecule has 0 unspecified atom stereocenters. The number of fused-ring (bicyclic) bond motifs is 1. The van der Waals surface area contributed by atoms with Crippen molar-refractivity contribution in [3.05, 3.63) is 58.8 Å². The van der Waals surface area contributed by atoms with Crippen LogP contribution in [0.5, 0.6) is 0 Å². The summed E-state index contributed by atoms with van der Waals surface area (Å²) >= 11 is 3.93. The molecule has 1 heterocycles. The molecule has 3 heteroatoms. The van der Waals surface area contributed by atoms with Crippen LogP contribution in [0.4, 0.5) is 0 Å². The van der Waals surface area contributed by atoms with E-state index in [-0.39, 0.29) is 0 Å². The molecular formula is C24H32BrNSi. The molecule has 0 fully saturated rings. The van der Waals surface area contributed by atoms with E-state index in [1.807, 2.05) is 0 Å². The molecule has 0 atom stereocenters. The molecule has 0 saturated carbocycles. The Kier molecular flexibility index (Phi) is 5.74. The van der Waals surface area contributed by atoms with Gasteiger partial charge in [-0.3, -0.25) is 0 Å². The molecule has 3 rings (SSSR count). The van der Waals surface area contributed by atoms with Gasteiger partial charge in [0.1, 0.15) is 0 Å². The molecule has 0 aliphatic heterocycles. The molecule has 27 heavy (non-hydrogen) atoms. The zero-order valence-corrected chi connectivity index (χ0v) is 20.3. The molecule has 0 aliphatic rings. The van der Waals surface area contributed by atoms with Crippen LogP contribution >= 0.6 is 15.9 Å². The van der Waals surface area contributed by atoms with Crippen molar-refractivity contribution in [2.45, 2.75) is 65.1 Å². The maximum Gasteiger partial charge on any atom is 0.169 e. The molecule has 1 nitrogen and oxygen atoms in total. The predicted octanol–water partition coefficient (Wildman–Crippen LogP) is 8.40. The third kappa shape index (κ3) is 3.13. The fourth-order valence-electron chi connectivity index (χ4n) is 5.57. The van der Waals surface area contributed by atoms with Crippen molar-refractivity contribution in [2.24, 2.45) is 0 Å². The average molecular weight is 443 g/mol. The Bertz CT molecular complexity index is 925. The highest BCUT2D eigenvalue weighted by atomic mass is 79.9. The molecule has 0 bridgehead atoms. The van der Waals surface area contributed by atoms with Gasteiger partial charge in [-0.05, 0) is 55.8 Å². The summed E-state index contributed by atoms with van der Waals surface area (Å²) in [6, 6.07) is 15.4. The topological polar surface area (TPSA) is 4.93 Å². The minimum atomic E-state index is -1.77. The average Bonchev–Trinajstić information content (AvgIpc) is 2.89. The van der Waals surface area contributed by atoms with Crippen LogP contribution in [0.3, 0.4) is 0 Å². The van der Waals surface area contributed by atoms with Crippen molar-refractivity contribution in [3.63, 3.8) is 0 Å². The summed E-state index contributed by atoms with van der Waals surface area (Å²) in [5.74, 6) is 0. The van der Waals surface area contributed by atoms with E-state index in [0.29, 0.717) is 16.6 Å². The Balaban J connectivity index is 2.32. The Hall–Kier alpha value is -1.32. The van der Waals surface area contributed by atoms with Gasteiger partial charge in [-0.25, -0.2) is 0 Å². The van der Waals surface area contributed by atoms with Gasteiger partial charge in [0.15, 0.2) is 8.24 Å². The number of benzene rings is 2. The van der Waals surface area contributed by atoms with E-state index in [4.69, 9.17) is 0 Å². The van der Waals surface area contributed by atoms with Gasteiger partial charge < -0.3 is 4.23 Å². The first kappa shape index (κ1) is 20.4. The summed E-state index contributed by atoms with van der Waals surface area (Å²) in [5, 5.41) is 2.63. The molecular weight excluding hydrogens is 410 g/mol. The van der Waals surface area contributed by atoms with Crippen LogP contribution in [-0.4, -0.2) is 12.5 Å². The van der Waals surface area contributed by atoms with Crippen LogP contribution in [0.1, 0.15) is 47.2 Å². The Morgan fingerprint density at radius 2 is 1.37 bits per heavy atom. The van der Waals surface area contributed by atoms with Crippen LogP contribution in [0, 0.1) is 6.92 Å². The first-order valence-electron chi connectivity index (χ1n) is 10.1. The van der Waals surface area contributed by atoms with E-state index in [1.165, 1.54) is 32.1 Å². The normalized spacial score (nSPS) is 12.7.